The molecule has 1 rings (SSSR count). The maximum absolute atomic E-state index is 10.2. The van der Waals surface area contributed by atoms with Gasteiger partial charge in [-0.3, -0.25) is 4.79 Å². The van der Waals surface area contributed by atoms with Crippen molar-refractivity contribution < 1.29 is 15.0 Å². The SMILES string of the molecule is CCOc1ccc(C=O)cc1.O. The summed E-state index contributed by atoms with van der Waals surface area (Å²) in [5, 5.41) is 0. The highest BCUT2D eigenvalue weighted by atomic mass is 16.5. The average Bonchev–Trinajstić information content (AvgIpc) is 2.07. The molecule has 3 nitrogen and oxygen atoms in total. The van der Waals surface area contributed by atoms with E-state index in [1.165, 1.54) is 0 Å². The minimum absolute atomic E-state index is 0. The van der Waals surface area contributed by atoms with Crippen molar-refractivity contribution in [1.82, 2.24) is 0 Å². The monoisotopic (exact) mass is 168 g/mol. The molecule has 0 bridgehead atoms. The van der Waals surface area contributed by atoms with Crippen LogP contribution in [0, 0.1) is 0 Å². The lowest BCUT2D eigenvalue weighted by Gasteiger charge is -2.00. The molecule has 0 spiro atoms. The maximum Gasteiger partial charge on any atom is 0.150 e. The number of ether oxygens (including phenoxy) is 1. The Kier molecular flexibility index (Phi) is 4.72. The van der Waals surface area contributed by atoms with E-state index in [9.17, 15) is 4.79 Å². The molecule has 66 valence electrons. The highest BCUT2D eigenvalue weighted by molar-refractivity contribution is 5.74. The molecule has 0 aromatic heterocycles. The predicted molar refractivity (Wildman–Crippen MR) is 46.6 cm³/mol. The van der Waals surface area contributed by atoms with Crippen molar-refractivity contribution in [2.75, 3.05) is 6.61 Å². The molecule has 0 amide bonds. The van der Waals surface area contributed by atoms with Crippen LogP contribution in [0.25, 0.3) is 0 Å². The number of carbonyl (C=O) groups is 1. The van der Waals surface area contributed by atoms with Gasteiger partial charge >= 0.3 is 0 Å². The Balaban J connectivity index is 0.00000121. The van der Waals surface area contributed by atoms with Crippen molar-refractivity contribution in [3.8, 4) is 5.75 Å². The number of aldehydes is 1. The zero-order valence-electron chi connectivity index (χ0n) is 6.91. The van der Waals surface area contributed by atoms with E-state index >= 15 is 0 Å². The Bertz CT molecular complexity index is 228. The van der Waals surface area contributed by atoms with Crippen LogP contribution in [-0.2, 0) is 0 Å². The van der Waals surface area contributed by atoms with Crippen LogP contribution in [0.15, 0.2) is 24.3 Å². The first-order chi connectivity index (χ1) is 5.36. The molecule has 2 N–H and O–H groups in total. The molecule has 0 fully saturated rings. The predicted octanol–water partition coefficient (Wildman–Crippen LogP) is 1.07. The molecule has 0 atom stereocenters. The Morgan fingerprint density at radius 1 is 1.33 bits per heavy atom. The van der Waals surface area contributed by atoms with Gasteiger partial charge in [0.1, 0.15) is 12.0 Å². The second-order valence-corrected chi connectivity index (χ2v) is 2.12. The van der Waals surface area contributed by atoms with E-state index in [0.29, 0.717) is 12.2 Å². The third kappa shape index (κ3) is 2.72. The van der Waals surface area contributed by atoms with Crippen LogP contribution >= 0.6 is 0 Å². The summed E-state index contributed by atoms with van der Waals surface area (Å²) in [5.41, 5.74) is 0.674. The minimum Gasteiger partial charge on any atom is -0.494 e. The Morgan fingerprint density at radius 3 is 2.33 bits per heavy atom. The topological polar surface area (TPSA) is 57.8 Å². The van der Waals surface area contributed by atoms with Gasteiger partial charge in [0, 0.05) is 5.56 Å². The smallest absolute Gasteiger partial charge is 0.150 e. The van der Waals surface area contributed by atoms with Gasteiger partial charge in [-0.1, -0.05) is 0 Å². The lowest BCUT2D eigenvalue weighted by Crippen LogP contribution is -1.90. The molecule has 12 heavy (non-hydrogen) atoms. The molecular weight excluding hydrogens is 156 g/mol. The van der Waals surface area contributed by atoms with E-state index in [1.54, 1.807) is 24.3 Å². The van der Waals surface area contributed by atoms with Crippen LogP contribution < -0.4 is 4.74 Å². The Labute approximate surface area is 71.3 Å². The fourth-order valence-electron chi connectivity index (χ4n) is 0.809. The second-order valence-electron chi connectivity index (χ2n) is 2.12. The first-order valence-corrected chi connectivity index (χ1v) is 3.55. The Hall–Kier alpha value is -1.35. The van der Waals surface area contributed by atoms with Crippen LogP contribution in [0.3, 0.4) is 0 Å². The van der Waals surface area contributed by atoms with Crippen LogP contribution in [0.5, 0.6) is 5.75 Å². The lowest BCUT2D eigenvalue weighted by atomic mass is 10.2. The highest BCUT2D eigenvalue weighted by Gasteiger charge is 1.91. The number of hydrogen-bond acceptors (Lipinski definition) is 2. The van der Waals surface area contributed by atoms with Crippen LogP contribution in [0.2, 0.25) is 0 Å². The lowest BCUT2D eigenvalue weighted by molar-refractivity contribution is 0.112. The second kappa shape index (κ2) is 5.32. The van der Waals surface area contributed by atoms with Crippen LogP contribution in [0.4, 0.5) is 0 Å². The van der Waals surface area contributed by atoms with E-state index in [4.69, 9.17) is 4.74 Å². The van der Waals surface area contributed by atoms with E-state index < -0.39 is 0 Å². The fourth-order valence-corrected chi connectivity index (χ4v) is 0.809. The summed E-state index contributed by atoms with van der Waals surface area (Å²) in [6.45, 7) is 2.58. The summed E-state index contributed by atoms with van der Waals surface area (Å²) >= 11 is 0. The summed E-state index contributed by atoms with van der Waals surface area (Å²) in [4.78, 5) is 10.2. The molecule has 0 heterocycles. The van der Waals surface area contributed by atoms with Crippen molar-refractivity contribution in [3.05, 3.63) is 29.8 Å². The van der Waals surface area contributed by atoms with Crippen molar-refractivity contribution in [1.29, 1.82) is 0 Å². The molecule has 0 saturated carbocycles. The largest absolute Gasteiger partial charge is 0.494 e. The molecule has 1 aromatic carbocycles. The molecule has 0 saturated heterocycles. The van der Waals surface area contributed by atoms with Gasteiger partial charge < -0.3 is 10.2 Å². The molecule has 3 heteroatoms. The van der Waals surface area contributed by atoms with Gasteiger partial charge in [-0.25, -0.2) is 0 Å². The van der Waals surface area contributed by atoms with E-state index in [0.717, 1.165) is 12.0 Å². The maximum atomic E-state index is 10.2. The van der Waals surface area contributed by atoms with Crippen molar-refractivity contribution in [2.45, 2.75) is 6.92 Å². The normalized spacial score (nSPS) is 8.42. The number of carbonyl (C=O) groups excluding carboxylic acids is 1. The summed E-state index contributed by atoms with van der Waals surface area (Å²) in [5.74, 6) is 0.804. The van der Waals surface area contributed by atoms with Gasteiger partial charge in [0.05, 0.1) is 6.61 Å². The summed E-state index contributed by atoms with van der Waals surface area (Å²) in [7, 11) is 0. The molecule has 0 unspecified atom stereocenters. The first-order valence-electron chi connectivity index (χ1n) is 3.55. The molecular formula is C9H12O3. The zero-order valence-corrected chi connectivity index (χ0v) is 6.91. The molecule has 0 aliphatic rings. The summed E-state index contributed by atoms with van der Waals surface area (Å²) in [6.07, 6.45) is 0.815. The number of hydrogen-bond donors (Lipinski definition) is 0. The van der Waals surface area contributed by atoms with Gasteiger partial charge in [-0.15, -0.1) is 0 Å². The van der Waals surface area contributed by atoms with Gasteiger partial charge in [0.25, 0.3) is 0 Å². The van der Waals surface area contributed by atoms with Gasteiger partial charge in [-0.2, -0.15) is 0 Å². The highest BCUT2D eigenvalue weighted by Crippen LogP contribution is 2.10. The first kappa shape index (κ1) is 10.7. The summed E-state index contributed by atoms with van der Waals surface area (Å²) < 4.78 is 5.19. The number of rotatable bonds is 3. The Morgan fingerprint density at radius 2 is 1.92 bits per heavy atom. The van der Waals surface area contributed by atoms with E-state index in [2.05, 4.69) is 0 Å². The molecule has 0 aliphatic heterocycles. The molecule has 0 aliphatic carbocycles. The number of benzene rings is 1. The van der Waals surface area contributed by atoms with Crippen LogP contribution in [-0.4, -0.2) is 18.4 Å². The fraction of sp³-hybridized carbons (Fsp3) is 0.222. The minimum atomic E-state index is 0. The standard InChI is InChI=1S/C9H10O2.H2O/c1-2-11-9-5-3-8(7-10)4-6-9;/h3-7H,2H2,1H3;1H2. The third-order valence-electron chi connectivity index (χ3n) is 1.33. The van der Waals surface area contributed by atoms with Crippen molar-refractivity contribution >= 4 is 6.29 Å². The third-order valence-corrected chi connectivity index (χ3v) is 1.33. The van der Waals surface area contributed by atoms with Crippen LogP contribution in [0.1, 0.15) is 17.3 Å². The summed E-state index contributed by atoms with van der Waals surface area (Å²) in [6, 6.07) is 7.04. The van der Waals surface area contributed by atoms with E-state index in [1.807, 2.05) is 6.92 Å². The molecule has 0 radical (unpaired) electrons. The van der Waals surface area contributed by atoms with Gasteiger partial charge in [0.2, 0.25) is 0 Å². The van der Waals surface area contributed by atoms with Crippen molar-refractivity contribution in [3.63, 3.8) is 0 Å². The van der Waals surface area contributed by atoms with E-state index in [-0.39, 0.29) is 5.48 Å². The zero-order chi connectivity index (χ0) is 8.10. The van der Waals surface area contributed by atoms with Crippen molar-refractivity contribution in [2.24, 2.45) is 0 Å². The average molecular weight is 168 g/mol. The van der Waals surface area contributed by atoms with Gasteiger partial charge in [-0.05, 0) is 31.2 Å². The quantitative estimate of drug-likeness (QED) is 0.634. The van der Waals surface area contributed by atoms with Gasteiger partial charge in [0.15, 0.2) is 0 Å². The molecule has 1 aromatic rings.